The summed E-state index contributed by atoms with van der Waals surface area (Å²) in [6, 6.07) is 19.3. The molecule has 0 saturated carbocycles. The van der Waals surface area contributed by atoms with Crippen LogP contribution in [0.5, 0.6) is 5.75 Å². The molecule has 0 fully saturated rings. The summed E-state index contributed by atoms with van der Waals surface area (Å²) in [6.07, 6.45) is 2.78. The van der Waals surface area contributed by atoms with Crippen molar-refractivity contribution >= 4 is 44.7 Å². The van der Waals surface area contributed by atoms with Gasteiger partial charge in [0.25, 0.3) is 0 Å². The molecular weight excluding hydrogens is 440 g/mol. The summed E-state index contributed by atoms with van der Waals surface area (Å²) in [5.74, 6) is 0.945. The van der Waals surface area contributed by atoms with Crippen LogP contribution in [0.2, 0.25) is 0 Å². The van der Waals surface area contributed by atoms with Crippen LogP contribution in [0.3, 0.4) is 0 Å². The highest BCUT2D eigenvalue weighted by Crippen LogP contribution is 2.48. The molecule has 2 aliphatic heterocycles. The second-order valence-corrected chi connectivity index (χ2v) is 9.29. The number of hydrazone groups is 1. The Bertz CT molecular complexity index is 1000. The van der Waals surface area contributed by atoms with Crippen molar-refractivity contribution in [1.82, 2.24) is 5.01 Å². The van der Waals surface area contributed by atoms with E-state index in [0.717, 1.165) is 27.9 Å². The summed E-state index contributed by atoms with van der Waals surface area (Å²) in [7, 11) is 0. The fraction of sp³-hybridized carbons (Fsp3) is 0.190. The molecule has 3 nitrogen and oxygen atoms in total. The SMILES string of the molecule is CSc1ccc([C@H]2Oc3ccc(Br)cc3[C@H]3CC(c4cccs4)=NN32)cc1. The maximum atomic E-state index is 6.42. The predicted octanol–water partition coefficient (Wildman–Crippen LogP) is 6.47. The Labute approximate surface area is 175 Å². The zero-order valence-corrected chi connectivity index (χ0v) is 17.9. The van der Waals surface area contributed by atoms with Gasteiger partial charge in [0.2, 0.25) is 6.23 Å². The molecular formula is C21H17BrN2OS2. The van der Waals surface area contributed by atoms with Gasteiger partial charge >= 0.3 is 0 Å². The van der Waals surface area contributed by atoms with E-state index in [1.165, 1.54) is 15.3 Å². The van der Waals surface area contributed by atoms with E-state index in [4.69, 9.17) is 9.84 Å². The minimum atomic E-state index is -0.211. The summed E-state index contributed by atoms with van der Waals surface area (Å²) in [4.78, 5) is 2.48. The van der Waals surface area contributed by atoms with E-state index in [9.17, 15) is 0 Å². The number of hydrogen-bond acceptors (Lipinski definition) is 5. The van der Waals surface area contributed by atoms with E-state index in [1.54, 1.807) is 23.1 Å². The van der Waals surface area contributed by atoms with Crippen LogP contribution in [-0.4, -0.2) is 17.0 Å². The van der Waals surface area contributed by atoms with E-state index in [-0.39, 0.29) is 12.3 Å². The lowest BCUT2D eigenvalue weighted by Gasteiger charge is -2.38. The van der Waals surface area contributed by atoms with Crippen LogP contribution in [0.1, 0.15) is 34.7 Å². The van der Waals surface area contributed by atoms with Gasteiger partial charge in [-0.3, -0.25) is 0 Å². The largest absolute Gasteiger partial charge is 0.464 e. The number of rotatable bonds is 3. The van der Waals surface area contributed by atoms with E-state index >= 15 is 0 Å². The highest BCUT2D eigenvalue weighted by molar-refractivity contribution is 9.10. The quantitative estimate of drug-likeness (QED) is 0.421. The fourth-order valence-electron chi connectivity index (χ4n) is 3.64. The van der Waals surface area contributed by atoms with Gasteiger partial charge in [0.1, 0.15) is 5.75 Å². The maximum absolute atomic E-state index is 6.42. The Balaban J connectivity index is 1.59. The van der Waals surface area contributed by atoms with Gasteiger partial charge in [0, 0.05) is 26.9 Å². The number of ether oxygens (including phenoxy) is 1. The van der Waals surface area contributed by atoms with Crippen LogP contribution in [0.15, 0.2) is 74.4 Å². The van der Waals surface area contributed by atoms with Crippen LogP contribution < -0.4 is 4.74 Å². The molecule has 2 atom stereocenters. The third kappa shape index (κ3) is 3.10. The topological polar surface area (TPSA) is 24.8 Å². The summed E-state index contributed by atoms with van der Waals surface area (Å²) in [6.45, 7) is 0. The predicted molar refractivity (Wildman–Crippen MR) is 116 cm³/mol. The van der Waals surface area contributed by atoms with Crippen molar-refractivity contribution < 1.29 is 4.74 Å². The monoisotopic (exact) mass is 456 g/mol. The van der Waals surface area contributed by atoms with Gasteiger partial charge < -0.3 is 4.74 Å². The van der Waals surface area contributed by atoms with Gasteiger partial charge in [0.05, 0.1) is 16.6 Å². The normalized spacial score (nSPS) is 20.7. The first-order chi connectivity index (χ1) is 13.2. The van der Waals surface area contributed by atoms with Crippen molar-refractivity contribution in [2.45, 2.75) is 23.6 Å². The van der Waals surface area contributed by atoms with Gasteiger partial charge in [-0.1, -0.05) is 34.1 Å². The van der Waals surface area contributed by atoms with Gasteiger partial charge in [-0.2, -0.15) is 5.10 Å². The number of thiophene rings is 1. The molecule has 0 amide bonds. The highest BCUT2D eigenvalue weighted by atomic mass is 79.9. The molecule has 0 radical (unpaired) electrons. The first-order valence-corrected chi connectivity index (χ1v) is 11.6. The van der Waals surface area contributed by atoms with Crippen LogP contribution in [-0.2, 0) is 0 Å². The summed E-state index contributed by atoms with van der Waals surface area (Å²) >= 11 is 7.09. The smallest absolute Gasteiger partial charge is 0.213 e. The summed E-state index contributed by atoms with van der Waals surface area (Å²) in [5.41, 5.74) is 3.45. The third-order valence-electron chi connectivity index (χ3n) is 4.96. The number of halogens is 1. The lowest BCUT2D eigenvalue weighted by atomic mass is 9.98. The van der Waals surface area contributed by atoms with Crippen molar-refractivity contribution in [2.24, 2.45) is 5.10 Å². The van der Waals surface area contributed by atoms with Crippen molar-refractivity contribution in [3.63, 3.8) is 0 Å². The second-order valence-electron chi connectivity index (χ2n) is 6.55. The maximum Gasteiger partial charge on any atom is 0.213 e. The van der Waals surface area contributed by atoms with Crippen molar-refractivity contribution in [3.05, 3.63) is 80.5 Å². The summed E-state index contributed by atoms with van der Waals surface area (Å²) < 4.78 is 7.49. The number of thioether (sulfide) groups is 1. The molecule has 0 unspecified atom stereocenters. The zero-order valence-electron chi connectivity index (χ0n) is 14.6. The molecule has 0 saturated heterocycles. The van der Waals surface area contributed by atoms with Crippen molar-refractivity contribution in [2.75, 3.05) is 6.26 Å². The molecule has 2 aliphatic rings. The van der Waals surface area contributed by atoms with E-state index in [0.29, 0.717) is 0 Å². The molecule has 5 rings (SSSR count). The fourth-order valence-corrected chi connectivity index (χ4v) is 5.15. The Hall–Kier alpha value is -1.76. The Kier molecular flexibility index (Phi) is 4.50. The average molecular weight is 457 g/mol. The standard InChI is InChI=1S/C21H17BrN2OS2/c1-26-15-7-4-13(5-8-15)21-24-18(12-17(23-24)20-3-2-10-27-20)16-11-14(22)6-9-19(16)25-21/h2-11,18,21H,12H2,1H3/t18-,21-/m1/s1. The first kappa shape index (κ1) is 17.3. The Morgan fingerprint density at radius 2 is 2.04 bits per heavy atom. The molecule has 3 heterocycles. The lowest BCUT2D eigenvalue weighted by Crippen LogP contribution is -2.33. The van der Waals surface area contributed by atoms with Crippen LogP contribution >= 0.6 is 39.0 Å². The molecule has 2 aromatic carbocycles. The van der Waals surface area contributed by atoms with Crippen molar-refractivity contribution in [3.8, 4) is 5.75 Å². The summed E-state index contributed by atoms with van der Waals surface area (Å²) in [5, 5.41) is 9.24. The number of nitrogens with zero attached hydrogens (tertiary/aromatic N) is 2. The lowest BCUT2D eigenvalue weighted by molar-refractivity contribution is -0.0191. The molecule has 27 heavy (non-hydrogen) atoms. The second kappa shape index (κ2) is 7.00. The minimum Gasteiger partial charge on any atom is -0.464 e. The molecule has 136 valence electrons. The van der Waals surface area contributed by atoms with Crippen LogP contribution in [0.4, 0.5) is 0 Å². The van der Waals surface area contributed by atoms with Gasteiger partial charge in [-0.15, -0.1) is 23.1 Å². The van der Waals surface area contributed by atoms with Crippen LogP contribution in [0, 0.1) is 0 Å². The van der Waals surface area contributed by atoms with E-state index in [1.807, 2.05) is 6.07 Å². The molecule has 0 aliphatic carbocycles. The van der Waals surface area contributed by atoms with Crippen LogP contribution in [0.25, 0.3) is 0 Å². The van der Waals surface area contributed by atoms with Gasteiger partial charge in [0.15, 0.2) is 0 Å². The van der Waals surface area contributed by atoms with Gasteiger partial charge in [-0.25, -0.2) is 5.01 Å². The zero-order chi connectivity index (χ0) is 18.4. The first-order valence-electron chi connectivity index (χ1n) is 8.72. The number of hydrogen-bond donors (Lipinski definition) is 0. The molecule has 6 heteroatoms. The minimum absolute atomic E-state index is 0.188. The molecule has 0 bridgehead atoms. The molecule has 3 aromatic rings. The molecule has 0 N–H and O–H groups in total. The number of fused-ring (bicyclic) bond motifs is 3. The average Bonchev–Trinajstić information content (AvgIpc) is 3.37. The molecule has 0 spiro atoms. The van der Waals surface area contributed by atoms with Crippen molar-refractivity contribution in [1.29, 1.82) is 0 Å². The van der Waals surface area contributed by atoms with E-state index in [2.05, 4.69) is 81.1 Å². The number of benzene rings is 2. The Morgan fingerprint density at radius 1 is 1.19 bits per heavy atom. The highest BCUT2D eigenvalue weighted by Gasteiger charge is 2.41. The van der Waals surface area contributed by atoms with E-state index < -0.39 is 0 Å². The molecule has 1 aromatic heterocycles. The van der Waals surface area contributed by atoms with Gasteiger partial charge in [-0.05, 0) is 48.0 Å². The Morgan fingerprint density at radius 3 is 2.78 bits per heavy atom. The third-order valence-corrected chi connectivity index (χ3v) is 7.11.